The second-order valence-corrected chi connectivity index (χ2v) is 8.04. The zero-order valence-corrected chi connectivity index (χ0v) is 17.8. The summed E-state index contributed by atoms with van der Waals surface area (Å²) in [5, 5.41) is 0. The molecule has 2 heterocycles. The molecule has 1 fully saturated rings. The number of rotatable bonds is 5. The van der Waals surface area contributed by atoms with E-state index in [2.05, 4.69) is 9.97 Å². The normalized spacial score (nSPS) is 16.7. The molecule has 1 aliphatic rings. The average molecular weight is 450 g/mol. The Morgan fingerprint density at radius 3 is 2.56 bits per heavy atom. The van der Waals surface area contributed by atoms with Gasteiger partial charge in [-0.3, -0.25) is 9.59 Å². The second-order valence-electron chi connectivity index (χ2n) is 8.04. The standard InChI is InChI=1S/C21H25F3N6O2/c1-29(2)19(32)13-6-12(7-14(9-13)21(22,23)24)8-17-16(18(26)31)10-27-20(28-17)30-5-3-4-15(25)11-30/h6-7,9-10,15H,3-5,8,11,25H2,1-2H3,(H2,26,31)/t15-/m0/s1. The summed E-state index contributed by atoms with van der Waals surface area (Å²) in [6.07, 6.45) is -1.79. The molecule has 1 aromatic heterocycles. The van der Waals surface area contributed by atoms with Gasteiger partial charge in [0.1, 0.15) is 0 Å². The van der Waals surface area contributed by atoms with Gasteiger partial charge in [-0.15, -0.1) is 0 Å². The number of hydrogen-bond donors (Lipinski definition) is 2. The molecule has 172 valence electrons. The highest BCUT2D eigenvalue weighted by atomic mass is 19.4. The van der Waals surface area contributed by atoms with Crippen molar-refractivity contribution in [3.8, 4) is 0 Å². The van der Waals surface area contributed by atoms with Crippen molar-refractivity contribution in [2.75, 3.05) is 32.1 Å². The summed E-state index contributed by atoms with van der Waals surface area (Å²) in [6.45, 7) is 1.20. The molecule has 1 atom stereocenters. The lowest BCUT2D eigenvalue weighted by atomic mass is 9.99. The molecule has 8 nitrogen and oxygen atoms in total. The number of benzene rings is 1. The Labute approximate surface area is 183 Å². The minimum Gasteiger partial charge on any atom is -0.365 e. The van der Waals surface area contributed by atoms with Crippen LogP contribution in [0.25, 0.3) is 0 Å². The van der Waals surface area contributed by atoms with E-state index in [0.29, 0.717) is 19.0 Å². The van der Waals surface area contributed by atoms with Gasteiger partial charge in [0.15, 0.2) is 0 Å². The number of carbonyl (C=O) groups excluding carboxylic acids is 2. The minimum atomic E-state index is -4.65. The van der Waals surface area contributed by atoms with Gasteiger partial charge < -0.3 is 21.3 Å². The molecule has 1 aliphatic heterocycles. The topological polar surface area (TPSA) is 118 Å². The smallest absolute Gasteiger partial charge is 0.365 e. The van der Waals surface area contributed by atoms with Crippen molar-refractivity contribution in [1.29, 1.82) is 0 Å². The second kappa shape index (κ2) is 9.11. The summed E-state index contributed by atoms with van der Waals surface area (Å²) >= 11 is 0. The third-order valence-corrected chi connectivity index (χ3v) is 5.21. The predicted molar refractivity (Wildman–Crippen MR) is 112 cm³/mol. The van der Waals surface area contributed by atoms with E-state index in [-0.39, 0.29) is 34.8 Å². The number of aromatic nitrogens is 2. The monoisotopic (exact) mass is 450 g/mol. The maximum Gasteiger partial charge on any atom is 0.416 e. The van der Waals surface area contributed by atoms with Gasteiger partial charge in [0.2, 0.25) is 5.95 Å². The molecule has 3 rings (SSSR count). The lowest BCUT2D eigenvalue weighted by Gasteiger charge is -2.31. The Bertz CT molecular complexity index is 1030. The van der Waals surface area contributed by atoms with Crippen molar-refractivity contribution in [3.05, 3.63) is 52.3 Å². The van der Waals surface area contributed by atoms with Gasteiger partial charge >= 0.3 is 6.18 Å². The van der Waals surface area contributed by atoms with E-state index in [0.717, 1.165) is 25.0 Å². The number of primary amides is 1. The number of nitrogens with zero attached hydrogens (tertiary/aromatic N) is 4. The molecule has 0 radical (unpaired) electrons. The average Bonchev–Trinajstić information content (AvgIpc) is 2.72. The summed E-state index contributed by atoms with van der Waals surface area (Å²) in [4.78, 5) is 35.9. The Hall–Kier alpha value is -3.21. The molecule has 2 aromatic rings. The molecule has 32 heavy (non-hydrogen) atoms. The fourth-order valence-electron chi connectivity index (χ4n) is 3.62. The van der Waals surface area contributed by atoms with Crippen LogP contribution >= 0.6 is 0 Å². The molecule has 0 unspecified atom stereocenters. The lowest BCUT2D eigenvalue weighted by Crippen LogP contribution is -2.43. The lowest BCUT2D eigenvalue weighted by molar-refractivity contribution is -0.137. The molecule has 1 saturated heterocycles. The Kier molecular flexibility index (Phi) is 6.68. The molecular formula is C21H25F3N6O2. The van der Waals surface area contributed by atoms with Gasteiger partial charge in [0.25, 0.3) is 11.8 Å². The first kappa shape index (κ1) is 23.5. The molecule has 1 aromatic carbocycles. The molecule has 0 saturated carbocycles. The fourth-order valence-corrected chi connectivity index (χ4v) is 3.62. The van der Waals surface area contributed by atoms with Gasteiger partial charge in [0, 0.05) is 51.4 Å². The van der Waals surface area contributed by atoms with Crippen LogP contribution in [-0.4, -0.2) is 59.9 Å². The van der Waals surface area contributed by atoms with Gasteiger partial charge in [-0.2, -0.15) is 13.2 Å². The zero-order chi connectivity index (χ0) is 23.6. The molecule has 11 heteroatoms. The number of anilines is 1. The van der Waals surface area contributed by atoms with Crippen LogP contribution in [0.5, 0.6) is 0 Å². The highest BCUT2D eigenvalue weighted by molar-refractivity contribution is 5.95. The van der Waals surface area contributed by atoms with Crippen molar-refractivity contribution in [2.45, 2.75) is 31.5 Å². The van der Waals surface area contributed by atoms with Gasteiger partial charge in [-0.05, 0) is 36.6 Å². The molecule has 0 bridgehead atoms. The van der Waals surface area contributed by atoms with E-state index in [1.54, 1.807) is 0 Å². The van der Waals surface area contributed by atoms with Crippen molar-refractivity contribution < 1.29 is 22.8 Å². The number of piperidine rings is 1. The molecule has 2 amide bonds. The van der Waals surface area contributed by atoms with Gasteiger partial charge in [-0.1, -0.05) is 0 Å². The molecule has 0 aliphatic carbocycles. The van der Waals surface area contributed by atoms with Crippen LogP contribution in [0, 0.1) is 0 Å². The van der Waals surface area contributed by atoms with Crippen LogP contribution in [0.15, 0.2) is 24.4 Å². The first-order valence-corrected chi connectivity index (χ1v) is 10.0. The maximum absolute atomic E-state index is 13.5. The predicted octanol–water partition coefficient (Wildman–Crippen LogP) is 1.81. The van der Waals surface area contributed by atoms with E-state index in [1.165, 1.54) is 31.3 Å². The van der Waals surface area contributed by atoms with E-state index < -0.39 is 23.6 Å². The summed E-state index contributed by atoms with van der Waals surface area (Å²) in [5.41, 5.74) is 10.7. The first-order valence-electron chi connectivity index (χ1n) is 10.0. The Balaban J connectivity index is 2.04. The largest absolute Gasteiger partial charge is 0.416 e. The highest BCUT2D eigenvalue weighted by Crippen LogP contribution is 2.32. The zero-order valence-electron chi connectivity index (χ0n) is 17.8. The van der Waals surface area contributed by atoms with Crippen molar-refractivity contribution in [2.24, 2.45) is 11.5 Å². The van der Waals surface area contributed by atoms with E-state index in [4.69, 9.17) is 11.5 Å². The van der Waals surface area contributed by atoms with Crippen LogP contribution in [0.1, 0.15) is 50.4 Å². The number of carbonyl (C=O) groups is 2. The van der Waals surface area contributed by atoms with Crippen LogP contribution in [0.3, 0.4) is 0 Å². The Morgan fingerprint density at radius 2 is 1.97 bits per heavy atom. The van der Waals surface area contributed by atoms with Crippen LogP contribution in [-0.2, 0) is 12.6 Å². The van der Waals surface area contributed by atoms with Crippen LogP contribution < -0.4 is 16.4 Å². The summed E-state index contributed by atoms with van der Waals surface area (Å²) < 4.78 is 40.4. The summed E-state index contributed by atoms with van der Waals surface area (Å²) in [6, 6.07) is 3.06. The number of halogens is 3. The van der Waals surface area contributed by atoms with Crippen LogP contribution in [0.4, 0.5) is 19.1 Å². The SMILES string of the molecule is CN(C)C(=O)c1cc(Cc2nc(N3CCC[C@H](N)C3)ncc2C(N)=O)cc(C(F)(F)F)c1. The minimum absolute atomic E-state index is 0.00737. The van der Waals surface area contributed by atoms with Gasteiger partial charge in [-0.25, -0.2) is 9.97 Å². The molecule has 4 N–H and O–H groups in total. The quantitative estimate of drug-likeness (QED) is 0.717. The van der Waals surface area contributed by atoms with Crippen molar-refractivity contribution >= 4 is 17.8 Å². The number of amides is 2. The fraction of sp³-hybridized carbons (Fsp3) is 0.429. The maximum atomic E-state index is 13.5. The van der Waals surface area contributed by atoms with E-state index >= 15 is 0 Å². The summed E-state index contributed by atoms with van der Waals surface area (Å²) in [7, 11) is 2.90. The van der Waals surface area contributed by atoms with Crippen molar-refractivity contribution in [3.63, 3.8) is 0 Å². The number of nitrogens with two attached hydrogens (primary N) is 2. The highest BCUT2D eigenvalue weighted by Gasteiger charge is 2.32. The van der Waals surface area contributed by atoms with Crippen LogP contribution in [0.2, 0.25) is 0 Å². The molecular weight excluding hydrogens is 425 g/mol. The summed E-state index contributed by atoms with van der Waals surface area (Å²) in [5.74, 6) is -1.03. The first-order chi connectivity index (χ1) is 15.0. The number of hydrogen-bond acceptors (Lipinski definition) is 6. The number of alkyl halides is 3. The molecule has 0 spiro atoms. The third-order valence-electron chi connectivity index (χ3n) is 5.21. The Morgan fingerprint density at radius 1 is 1.25 bits per heavy atom. The van der Waals surface area contributed by atoms with E-state index in [1.807, 2.05) is 4.90 Å². The van der Waals surface area contributed by atoms with E-state index in [9.17, 15) is 22.8 Å². The third kappa shape index (κ3) is 5.34. The van der Waals surface area contributed by atoms with Gasteiger partial charge in [0.05, 0.1) is 16.8 Å². The van der Waals surface area contributed by atoms with Crippen molar-refractivity contribution in [1.82, 2.24) is 14.9 Å².